The van der Waals surface area contributed by atoms with Crippen molar-refractivity contribution < 1.29 is 4.74 Å². The molecule has 114 valence electrons. The third-order valence-corrected chi connectivity index (χ3v) is 3.57. The van der Waals surface area contributed by atoms with Crippen LogP contribution >= 0.6 is 11.6 Å². The Morgan fingerprint density at radius 2 is 1.82 bits per heavy atom. The van der Waals surface area contributed by atoms with Gasteiger partial charge >= 0.3 is 0 Å². The summed E-state index contributed by atoms with van der Waals surface area (Å²) in [6.45, 7) is 8.00. The Labute approximate surface area is 134 Å². The monoisotopic (exact) mass is 315 g/mol. The number of hydrogen-bond acceptors (Lipinski definition) is 3. The predicted octanol–water partition coefficient (Wildman–Crippen LogP) is 4.54. The summed E-state index contributed by atoms with van der Waals surface area (Å²) in [5, 5.41) is 4.87. The van der Waals surface area contributed by atoms with Crippen molar-refractivity contribution in [2.45, 2.75) is 33.3 Å². The molecule has 0 aliphatic rings. The van der Waals surface area contributed by atoms with Gasteiger partial charge in [0.15, 0.2) is 10.8 Å². The number of nitrogens with zero attached hydrogens (tertiary/aromatic N) is 3. The number of benzene rings is 1. The smallest absolute Gasteiger partial charge is 0.154 e. The van der Waals surface area contributed by atoms with E-state index in [2.05, 4.69) is 10.1 Å². The second-order valence-corrected chi connectivity index (χ2v) is 6.63. The number of imidazole rings is 1. The van der Waals surface area contributed by atoms with Gasteiger partial charge in [-0.25, -0.2) is 9.50 Å². The largest absolute Gasteiger partial charge is 0.488 e. The molecule has 22 heavy (non-hydrogen) atoms. The zero-order valence-electron chi connectivity index (χ0n) is 13.1. The van der Waals surface area contributed by atoms with Gasteiger partial charge in [-0.05, 0) is 63.6 Å². The molecule has 0 amide bonds. The molecule has 0 spiro atoms. The lowest BCUT2D eigenvalue weighted by Crippen LogP contribution is -2.22. The summed E-state index contributed by atoms with van der Waals surface area (Å²) in [4.78, 5) is 4.39. The number of aromatic nitrogens is 3. The average Bonchev–Trinajstić information content (AvgIpc) is 2.81. The zero-order valence-corrected chi connectivity index (χ0v) is 13.8. The fourth-order valence-corrected chi connectivity index (χ4v) is 2.36. The normalized spacial score (nSPS) is 11.9. The molecule has 0 N–H and O–H groups in total. The van der Waals surface area contributed by atoms with E-state index in [1.165, 1.54) is 0 Å². The minimum Gasteiger partial charge on any atom is -0.488 e. The SMILES string of the molecule is Cc1cc2ncc(-c3ccc(OC(C)(C)C)cc3)n2nc1Cl. The van der Waals surface area contributed by atoms with Crippen LogP contribution in [-0.2, 0) is 0 Å². The quantitative estimate of drug-likeness (QED) is 0.697. The molecule has 3 aromatic rings. The summed E-state index contributed by atoms with van der Waals surface area (Å²) in [5.41, 5.74) is 3.41. The van der Waals surface area contributed by atoms with Crippen LogP contribution in [0.1, 0.15) is 26.3 Å². The lowest BCUT2D eigenvalue weighted by atomic mass is 10.1. The standard InChI is InChI=1S/C17H18ClN3O/c1-11-9-15-19-10-14(21(15)20-16(11)18)12-5-7-13(8-6-12)22-17(2,3)4/h5-10H,1-4H3. The second-order valence-electron chi connectivity index (χ2n) is 6.27. The van der Waals surface area contributed by atoms with Gasteiger partial charge in [0.2, 0.25) is 0 Å². The first kappa shape index (κ1) is 14.9. The van der Waals surface area contributed by atoms with Crippen LogP contribution < -0.4 is 4.74 Å². The highest BCUT2D eigenvalue weighted by Crippen LogP contribution is 2.26. The molecular weight excluding hydrogens is 298 g/mol. The van der Waals surface area contributed by atoms with Gasteiger partial charge in [0.05, 0.1) is 11.9 Å². The van der Waals surface area contributed by atoms with E-state index >= 15 is 0 Å². The van der Waals surface area contributed by atoms with Gasteiger partial charge in [-0.1, -0.05) is 11.6 Å². The third-order valence-electron chi connectivity index (χ3n) is 3.20. The van der Waals surface area contributed by atoms with Crippen LogP contribution in [0.25, 0.3) is 16.9 Å². The topological polar surface area (TPSA) is 39.4 Å². The average molecular weight is 316 g/mol. The van der Waals surface area contributed by atoms with Gasteiger partial charge in [0.25, 0.3) is 0 Å². The van der Waals surface area contributed by atoms with Crippen LogP contribution in [-0.4, -0.2) is 20.2 Å². The highest BCUT2D eigenvalue weighted by Gasteiger charge is 2.13. The summed E-state index contributed by atoms with van der Waals surface area (Å²) in [6.07, 6.45) is 1.80. The van der Waals surface area contributed by atoms with E-state index < -0.39 is 0 Å². The van der Waals surface area contributed by atoms with Crippen LogP contribution in [0.2, 0.25) is 5.15 Å². The summed E-state index contributed by atoms with van der Waals surface area (Å²) in [7, 11) is 0. The summed E-state index contributed by atoms with van der Waals surface area (Å²) < 4.78 is 7.60. The van der Waals surface area contributed by atoms with Crippen molar-refractivity contribution in [2.24, 2.45) is 0 Å². The molecule has 0 unspecified atom stereocenters. The van der Waals surface area contributed by atoms with Crippen LogP contribution in [0, 0.1) is 6.92 Å². The van der Waals surface area contributed by atoms with Crippen molar-refractivity contribution in [3.63, 3.8) is 0 Å². The maximum Gasteiger partial charge on any atom is 0.154 e. The Bertz CT molecular complexity index is 816. The van der Waals surface area contributed by atoms with Gasteiger partial charge in [-0.15, -0.1) is 0 Å². The minimum atomic E-state index is -0.211. The number of fused-ring (bicyclic) bond motifs is 1. The molecule has 0 saturated carbocycles. The Kier molecular flexibility index (Phi) is 3.57. The molecule has 0 atom stereocenters. The third kappa shape index (κ3) is 2.92. The summed E-state index contributed by atoms with van der Waals surface area (Å²) >= 11 is 6.12. The fourth-order valence-electron chi connectivity index (χ4n) is 2.23. The first-order chi connectivity index (χ1) is 10.3. The maximum absolute atomic E-state index is 6.12. The number of aryl methyl sites for hydroxylation is 1. The number of ether oxygens (including phenoxy) is 1. The van der Waals surface area contributed by atoms with Gasteiger partial charge in [-0.2, -0.15) is 5.10 Å². The van der Waals surface area contributed by atoms with Gasteiger partial charge < -0.3 is 4.74 Å². The lowest BCUT2D eigenvalue weighted by Gasteiger charge is -2.21. The van der Waals surface area contributed by atoms with E-state index in [-0.39, 0.29) is 5.60 Å². The molecule has 5 heteroatoms. The molecule has 1 aromatic carbocycles. The Morgan fingerprint density at radius 1 is 1.14 bits per heavy atom. The molecule has 0 bridgehead atoms. The molecular formula is C17H18ClN3O. The van der Waals surface area contributed by atoms with Crippen molar-refractivity contribution in [1.29, 1.82) is 0 Å². The van der Waals surface area contributed by atoms with Crippen molar-refractivity contribution in [2.75, 3.05) is 0 Å². The summed E-state index contributed by atoms with van der Waals surface area (Å²) in [6, 6.07) is 9.83. The maximum atomic E-state index is 6.12. The molecule has 2 aromatic heterocycles. The van der Waals surface area contributed by atoms with E-state index in [1.54, 1.807) is 10.7 Å². The molecule has 3 rings (SSSR count). The lowest BCUT2D eigenvalue weighted by molar-refractivity contribution is 0.131. The van der Waals surface area contributed by atoms with Crippen LogP contribution in [0.15, 0.2) is 36.5 Å². The molecule has 0 fully saturated rings. The fraction of sp³-hybridized carbons (Fsp3) is 0.294. The van der Waals surface area contributed by atoms with Crippen LogP contribution in [0.3, 0.4) is 0 Å². The minimum absolute atomic E-state index is 0.211. The van der Waals surface area contributed by atoms with E-state index in [0.29, 0.717) is 5.15 Å². The van der Waals surface area contributed by atoms with E-state index in [0.717, 1.165) is 28.2 Å². The number of halogens is 1. The Morgan fingerprint density at radius 3 is 2.45 bits per heavy atom. The Hall–Kier alpha value is -2.07. The number of rotatable bonds is 2. The van der Waals surface area contributed by atoms with Crippen molar-refractivity contribution in [3.8, 4) is 17.0 Å². The first-order valence-electron chi connectivity index (χ1n) is 7.14. The van der Waals surface area contributed by atoms with Crippen molar-refractivity contribution in [3.05, 3.63) is 47.2 Å². The summed E-state index contributed by atoms with van der Waals surface area (Å²) in [5.74, 6) is 0.840. The van der Waals surface area contributed by atoms with E-state index in [4.69, 9.17) is 16.3 Å². The zero-order chi connectivity index (χ0) is 15.9. The second kappa shape index (κ2) is 5.29. The first-order valence-corrected chi connectivity index (χ1v) is 7.52. The predicted molar refractivity (Wildman–Crippen MR) is 88.6 cm³/mol. The molecule has 2 heterocycles. The van der Waals surface area contributed by atoms with Crippen LogP contribution in [0.4, 0.5) is 0 Å². The van der Waals surface area contributed by atoms with Crippen LogP contribution in [0.5, 0.6) is 5.75 Å². The van der Waals surface area contributed by atoms with E-state index in [9.17, 15) is 0 Å². The van der Waals surface area contributed by atoms with Gasteiger partial charge in [-0.3, -0.25) is 0 Å². The van der Waals surface area contributed by atoms with Gasteiger partial charge in [0.1, 0.15) is 11.4 Å². The number of hydrogen-bond donors (Lipinski definition) is 0. The molecule has 0 aliphatic heterocycles. The molecule has 0 aliphatic carbocycles. The highest BCUT2D eigenvalue weighted by atomic mass is 35.5. The molecule has 4 nitrogen and oxygen atoms in total. The van der Waals surface area contributed by atoms with Crippen molar-refractivity contribution in [1.82, 2.24) is 14.6 Å². The Balaban J connectivity index is 1.99. The highest BCUT2D eigenvalue weighted by molar-refractivity contribution is 6.30. The van der Waals surface area contributed by atoms with Crippen molar-refractivity contribution >= 4 is 17.2 Å². The molecule has 0 radical (unpaired) electrons. The van der Waals surface area contributed by atoms with E-state index in [1.807, 2.05) is 58.0 Å². The van der Waals surface area contributed by atoms with Gasteiger partial charge in [0, 0.05) is 5.56 Å². The molecule has 0 saturated heterocycles.